The molecule has 6 nitrogen and oxygen atoms in total. The number of hydrogen-bond acceptors (Lipinski definition) is 4. The Labute approximate surface area is 145 Å². The fraction of sp³-hybridized carbons (Fsp3) is 0.188. The van der Waals surface area contributed by atoms with Gasteiger partial charge in [-0.1, -0.05) is 17.7 Å². The zero-order valence-electron chi connectivity index (χ0n) is 13.4. The van der Waals surface area contributed by atoms with Crippen LogP contribution in [0.25, 0.3) is 22.2 Å². The van der Waals surface area contributed by atoms with Crippen LogP contribution in [0.15, 0.2) is 42.7 Å². The van der Waals surface area contributed by atoms with E-state index in [1.165, 1.54) is 20.3 Å². The molecule has 0 N–H and O–H groups in total. The average molecular weight is 366 g/mol. The van der Waals surface area contributed by atoms with E-state index in [0.29, 0.717) is 5.02 Å². The lowest BCUT2D eigenvalue weighted by Crippen LogP contribution is -2.27. The van der Waals surface area contributed by atoms with Gasteiger partial charge in [0.2, 0.25) is 0 Å². The smallest absolute Gasteiger partial charge is 0.369 e. The molecule has 0 fully saturated rings. The number of aryl methyl sites for hydroxylation is 1. The second-order valence-electron chi connectivity index (χ2n) is 5.52. The summed E-state index contributed by atoms with van der Waals surface area (Å²) in [5.41, 5.74) is 2.61. The minimum absolute atomic E-state index is 0.157. The highest BCUT2D eigenvalue weighted by molar-refractivity contribution is 7.84. The topological polar surface area (TPSA) is 64.4 Å². The quantitative estimate of drug-likeness (QED) is 0.712. The third-order valence-electron chi connectivity index (χ3n) is 3.67. The molecule has 3 aromatic rings. The number of rotatable bonds is 4. The van der Waals surface area contributed by atoms with Gasteiger partial charge in [0.25, 0.3) is 0 Å². The van der Waals surface area contributed by atoms with Crippen LogP contribution in [0.3, 0.4) is 0 Å². The molecule has 0 bridgehead atoms. The van der Waals surface area contributed by atoms with Gasteiger partial charge >= 0.3 is 10.3 Å². The Morgan fingerprint density at radius 3 is 2.62 bits per heavy atom. The third kappa shape index (κ3) is 3.10. The first-order valence-corrected chi connectivity index (χ1v) is 8.84. The fourth-order valence-corrected chi connectivity index (χ4v) is 3.03. The molecule has 0 unspecified atom stereocenters. The lowest BCUT2D eigenvalue weighted by atomic mass is 10.2. The van der Waals surface area contributed by atoms with E-state index in [1.54, 1.807) is 12.3 Å². The first-order chi connectivity index (χ1) is 11.3. The number of hydrogen-bond donors (Lipinski definition) is 0. The van der Waals surface area contributed by atoms with Crippen LogP contribution in [0.1, 0.15) is 0 Å². The van der Waals surface area contributed by atoms with E-state index < -0.39 is 10.3 Å². The van der Waals surface area contributed by atoms with Gasteiger partial charge < -0.3 is 8.75 Å². The Morgan fingerprint density at radius 1 is 1.17 bits per heavy atom. The van der Waals surface area contributed by atoms with Crippen molar-refractivity contribution in [2.24, 2.45) is 7.05 Å². The zero-order valence-corrected chi connectivity index (χ0v) is 15.0. The zero-order chi connectivity index (χ0) is 17.5. The largest absolute Gasteiger partial charge is 0.384 e. The Balaban J connectivity index is 2.05. The molecule has 0 radical (unpaired) electrons. The van der Waals surface area contributed by atoms with Gasteiger partial charge in [-0.2, -0.15) is 12.7 Å². The van der Waals surface area contributed by atoms with Crippen LogP contribution in [-0.2, 0) is 17.4 Å². The normalized spacial score (nSPS) is 12.0. The predicted octanol–water partition coefficient (Wildman–Crippen LogP) is 3.08. The molecule has 2 aromatic heterocycles. The van der Waals surface area contributed by atoms with Crippen molar-refractivity contribution in [1.29, 1.82) is 0 Å². The summed E-state index contributed by atoms with van der Waals surface area (Å²) in [6.45, 7) is 0. The number of aromatic nitrogens is 2. The van der Waals surface area contributed by atoms with Crippen molar-refractivity contribution in [2.75, 3.05) is 14.1 Å². The van der Waals surface area contributed by atoms with Crippen LogP contribution in [0.5, 0.6) is 5.75 Å². The van der Waals surface area contributed by atoms with Crippen LogP contribution >= 0.6 is 11.6 Å². The second-order valence-corrected chi connectivity index (χ2v) is 7.71. The molecular formula is C16H16ClN3O3S. The second kappa shape index (κ2) is 6.08. The number of fused-ring (bicyclic) bond motifs is 1. The van der Waals surface area contributed by atoms with E-state index >= 15 is 0 Å². The summed E-state index contributed by atoms with van der Waals surface area (Å²) < 4.78 is 31.7. The maximum Gasteiger partial charge on any atom is 0.384 e. The number of nitrogens with zero attached hydrogens (tertiary/aromatic N) is 3. The van der Waals surface area contributed by atoms with Gasteiger partial charge in [-0.15, -0.1) is 0 Å². The minimum atomic E-state index is -3.82. The Bertz CT molecular complexity index is 1010. The van der Waals surface area contributed by atoms with Gasteiger partial charge in [-0.3, -0.25) is 4.98 Å². The molecule has 0 saturated heterocycles. The molecule has 1 aromatic carbocycles. The molecule has 0 amide bonds. The molecule has 0 aliphatic carbocycles. The van der Waals surface area contributed by atoms with E-state index in [4.69, 9.17) is 15.8 Å². The molecule has 3 rings (SSSR count). The molecule has 126 valence electrons. The summed E-state index contributed by atoms with van der Waals surface area (Å²) >= 11 is 6.06. The first-order valence-electron chi connectivity index (χ1n) is 7.10. The molecule has 0 aliphatic heterocycles. The molecule has 24 heavy (non-hydrogen) atoms. The molecule has 8 heteroatoms. The van der Waals surface area contributed by atoms with Crippen LogP contribution in [0, 0.1) is 0 Å². The lowest BCUT2D eigenvalue weighted by Gasteiger charge is -2.12. The summed E-state index contributed by atoms with van der Waals surface area (Å²) in [5, 5.41) is 1.69. The maximum atomic E-state index is 11.8. The first kappa shape index (κ1) is 16.8. The van der Waals surface area contributed by atoms with Gasteiger partial charge in [0, 0.05) is 48.8 Å². The summed E-state index contributed by atoms with van der Waals surface area (Å²) in [6, 6.07) is 9.28. The Hall–Kier alpha value is -2.09. The van der Waals surface area contributed by atoms with Crippen LogP contribution in [0.2, 0.25) is 5.02 Å². The van der Waals surface area contributed by atoms with Crippen LogP contribution in [-0.4, -0.2) is 36.4 Å². The summed E-state index contributed by atoms with van der Waals surface area (Å²) in [5.74, 6) is 0.157. The highest BCUT2D eigenvalue weighted by Crippen LogP contribution is 2.30. The third-order valence-corrected chi connectivity index (χ3v) is 5.20. The van der Waals surface area contributed by atoms with Gasteiger partial charge in [0.1, 0.15) is 0 Å². The molecule has 0 spiro atoms. The van der Waals surface area contributed by atoms with Crippen molar-refractivity contribution in [3.8, 4) is 17.0 Å². The summed E-state index contributed by atoms with van der Waals surface area (Å²) in [6.07, 6.45) is 3.02. The molecule has 2 heterocycles. The van der Waals surface area contributed by atoms with E-state index in [9.17, 15) is 8.42 Å². The fourth-order valence-electron chi connectivity index (χ4n) is 2.38. The van der Waals surface area contributed by atoms with Crippen molar-refractivity contribution in [3.63, 3.8) is 0 Å². The van der Waals surface area contributed by atoms with Crippen LogP contribution < -0.4 is 4.18 Å². The number of benzene rings is 1. The maximum absolute atomic E-state index is 11.8. The van der Waals surface area contributed by atoms with Crippen molar-refractivity contribution in [1.82, 2.24) is 13.9 Å². The van der Waals surface area contributed by atoms with Gasteiger partial charge in [0.05, 0.1) is 11.9 Å². The SMILES string of the molecule is CN(C)S(=O)(=O)Oc1cncc(-c2cc3ccc(Cl)cc3n2C)c1. The highest BCUT2D eigenvalue weighted by Gasteiger charge is 2.17. The summed E-state index contributed by atoms with van der Waals surface area (Å²) in [7, 11) is 0.899. The van der Waals surface area contributed by atoms with E-state index in [0.717, 1.165) is 26.5 Å². The van der Waals surface area contributed by atoms with Crippen LogP contribution in [0.4, 0.5) is 0 Å². The van der Waals surface area contributed by atoms with Gasteiger partial charge in [0.15, 0.2) is 5.75 Å². The molecule has 0 aliphatic rings. The van der Waals surface area contributed by atoms with Gasteiger partial charge in [-0.05, 0) is 24.3 Å². The van der Waals surface area contributed by atoms with E-state index in [1.807, 2.05) is 35.9 Å². The number of halogens is 1. The molecule has 0 atom stereocenters. The van der Waals surface area contributed by atoms with Crippen molar-refractivity contribution in [3.05, 3.63) is 47.7 Å². The van der Waals surface area contributed by atoms with Crippen molar-refractivity contribution in [2.45, 2.75) is 0 Å². The van der Waals surface area contributed by atoms with E-state index in [2.05, 4.69) is 4.98 Å². The van der Waals surface area contributed by atoms with Crippen molar-refractivity contribution < 1.29 is 12.6 Å². The van der Waals surface area contributed by atoms with Gasteiger partial charge in [-0.25, -0.2) is 0 Å². The minimum Gasteiger partial charge on any atom is -0.369 e. The monoisotopic (exact) mass is 365 g/mol. The Morgan fingerprint density at radius 2 is 1.92 bits per heavy atom. The highest BCUT2D eigenvalue weighted by atomic mass is 35.5. The molecular weight excluding hydrogens is 350 g/mol. The molecule has 0 saturated carbocycles. The summed E-state index contributed by atoms with van der Waals surface area (Å²) in [4.78, 5) is 4.09. The van der Waals surface area contributed by atoms with E-state index in [-0.39, 0.29) is 5.75 Å². The number of pyridine rings is 1. The predicted molar refractivity (Wildman–Crippen MR) is 94.4 cm³/mol. The average Bonchev–Trinajstić information content (AvgIpc) is 2.84. The van der Waals surface area contributed by atoms with Crippen molar-refractivity contribution >= 4 is 32.8 Å². The lowest BCUT2D eigenvalue weighted by molar-refractivity contribution is 0.421. The standard InChI is InChI=1S/C16H16ClN3O3S/c1-19(2)24(21,22)23-14-6-12(9-18-10-14)15-7-11-4-5-13(17)8-16(11)20(15)3/h4-10H,1-3H3. The Kier molecular flexibility index (Phi) is 4.25.